The van der Waals surface area contributed by atoms with E-state index in [1.807, 2.05) is 0 Å². The van der Waals surface area contributed by atoms with Gasteiger partial charge in [-0.15, -0.1) is 0 Å². The Morgan fingerprint density at radius 1 is 0.329 bits per heavy atom. The summed E-state index contributed by atoms with van der Waals surface area (Å²) in [7, 11) is 0. The molecule has 0 atom stereocenters. The van der Waals surface area contributed by atoms with E-state index >= 15 is 0 Å². The zero-order valence-corrected chi connectivity index (χ0v) is 50.0. The normalized spacial score (nSPS) is 14.1. The van der Waals surface area contributed by atoms with Crippen molar-refractivity contribution in [3.63, 3.8) is 0 Å². The monoisotopic (exact) mass is 1100 g/mol. The topological polar surface area (TPSA) is 9.86 Å². The van der Waals surface area contributed by atoms with E-state index < -0.39 is 0 Å². The highest BCUT2D eigenvalue weighted by atomic mass is 79.9. The lowest BCUT2D eigenvalue weighted by molar-refractivity contribution is 0.396. The van der Waals surface area contributed by atoms with Gasteiger partial charge in [0.25, 0.3) is 0 Å². The molecule has 4 heteroatoms. The number of hydrogen-bond acceptors (Lipinski definition) is 0. The average Bonchev–Trinajstić information content (AvgIpc) is 3.91. The van der Waals surface area contributed by atoms with Gasteiger partial charge in [0.05, 0.1) is 0 Å². The number of fused-ring (bicyclic) bond motifs is 9. The number of aromatic nitrogens is 2. The van der Waals surface area contributed by atoms with Crippen LogP contribution in [0.15, 0.2) is 118 Å². The van der Waals surface area contributed by atoms with Gasteiger partial charge in [-0.2, -0.15) is 0 Å². The third-order valence-corrected chi connectivity index (χ3v) is 17.9. The van der Waals surface area contributed by atoms with E-state index in [2.05, 4.69) is 233 Å². The van der Waals surface area contributed by atoms with Crippen molar-refractivity contribution in [1.29, 1.82) is 0 Å². The fourth-order valence-corrected chi connectivity index (χ4v) is 13.2. The second-order valence-corrected chi connectivity index (χ2v) is 28.3. The Morgan fingerprint density at radius 2 is 0.603 bits per heavy atom. The van der Waals surface area contributed by atoms with Crippen LogP contribution in [0.3, 0.4) is 0 Å². The lowest BCUT2D eigenvalue weighted by Crippen LogP contribution is -2.25. The summed E-state index contributed by atoms with van der Waals surface area (Å²) < 4.78 is 7.63. The Hall–Kier alpha value is -4.12. The quantitative estimate of drug-likeness (QED) is 0.0758. The summed E-state index contributed by atoms with van der Waals surface area (Å²) >= 11 is 7.84. The average molecular weight is 1100 g/mol. The van der Waals surface area contributed by atoms with Crippen LogP contribution >= 0.6 is 31.9 Å². The SMILES string of the molecule is CC(C)(C)c1ccc2c(c1)c1cc(C(C)(C)C)ccc1n2CCCCCCCCC1(CCCCCCCCn2c3ccc(C(C)(C)C)cc3c3cc(C(C)(C)C)ccc32)c2cc(Br)ccc2-c2ccc(Br)cc21. The molecule has 8 aromatic rings. The molecule has 0 saturated carbocycles. The van der Waals surface area contributed by atoms with Gasteiger partial charge in [0.2, 0.25) is 0 Å². The first-order valence-electron chi connectivity index (χ1n) is 28.3. The first kappa shape index (κ1) is 53.7. The van der Waals surface area contributed by atoms with Crippen LogP contribution in [-0.4, -0.2) is 9.13 Å². The summed E-state index contributed by atoms with van der Waals surface area (Å²) in [6.07, 6.45) is 17.7. The highest BCUT2D eigenvalue weighted by molar-refractivity contribution is 9.10. The third-order valence-electron chi connectivity index (χ3n) is 16.9. The molecule has 0 aliphatic heterocycles. The van der Waals surface area contributed by atoms with E-state index in [0.717, 1.165) is 13.1 Å². The molecule has 73 heavy (non-hydrogen) atoms. The van der Waals surface area contributed by atoms with E-state index in [9.17, 15) is 0 Å². The molecule has 9 rings (SSSR count). The molecule has 1 aliphatic carbocycles. The lowest BCUT2D eigenvalue weighted by Gasteiger charge is -2.33. The number of hydrogen-bond donors (Lipinski definition) is 0. The molecule has 0 saturated heterocycles. The minimum Gasteiger partial charge on any atom is -0.340 e. The maximum absolute atomic E-state index is 3.92. The lowest BCUT2D eigenvalue weighted by atomic mass is 9.70. The summed E-state index contributed by atoms with van der Waals surface area (Å²) in [5, 5.41) is 5.64. The first-order chi connectivity index (χ1) is 34.5. The highest BCUT2D eigenvalue weighted by Gasteiger charge is 2.42. The standard InChI is InChI=1S/C69H86Br2N2/c1-65(2,3)47-25-33-61-55(41-47)56-42-48(66(4,5)6)26-34-62(56)72(61)39-23-19-15-13-17-21-37-69(59-45-51(70)29-31-53(59)54-32-30-52(71)46-60(54)69)38-22-18-14-16-20-24-40-73-63-35-27-49(67(7,8)9)43-57(63)58-44-50(68(10,11)12)28-36-64(58)73/h25-36,41-46H,13-24,37-40H2,1-12H3. The predicted octanol–water partition coefficient (Wildman–Crippen LogP) is 21.7. The number of benzene rings is 6. The molecule has 6 aromatic carbocycles. The van der Waals surface area contributed by atoms with Crippen molar-refractivity contribution in [1.82, 2.24) is 9.13 Å². The summed E-state index contributed by atoms with van der Waals surface area (Å²) in [4.78, 5) is 0. The summed E-state index contributed by atoms with van der Waals surface area (Å²) in [6.45, 7) is 30.1. The Bertz CT molecular complexity index is 2890. The largest absolute Gasteiger partial charge is 0.340 e. The molecule has 1 aliphatic rings. The van der Waals surface area contributed by atoms with Gasteiger partial charge in [0, 0.05) is 71.1 Å². The predicted molar refractivity (Wildman–Crippen MR) is 326 cm³/mol. The van der Waals surface area contributed by atoms with Crippen LogP contribution in [0.25, 0.3) is 54.7 Å². The van der Waals surface area contributed by atoms with Gasteiger partial charge in [0.15, 0.2) is 0 Å². The van der Waals surface area contributed by atoms with Crippen molar-refractivity contribution in [2.75, 3.05) is 0 Å². The molecular weight excluding hydrogens is 1020 g/mol. The van der Waals surface area contributed by atoms with Crippen molar-refractivity contribution < 1.29 is 0 Å². The number of nitrogens with zero attached hydrogens (tertiary/aromatic N) is 2. The van der Waals surface area contributed by atoms with Crippen molar-refractivity contribution >= 4 is 75.5 Å². The van der Waals surface area contributed by atoms with Gasteiger partial charge in [-0.05, 0) is 165 Å². The van der Waals surface area contributed by atoms with Crippen LogP contribution in [0.4, 0.5) is 0 Å². The molecule has 0 fully saturated rings. The van der Waals surface area contributed by atoms with Gasteiger partial charge >= 0.3 is 0 Å². The third kappa shape index (κ3) is 11.2. The maximum Gasteiger partial charge on any atom is 0.0491 e. The fourth-order valence-electron chi connectivity index (χ4n) is 12.5. The molecule has 0 N–H and O–H groups in total. The molecule has 0 amide bonds. The Kier molecular flexibility index (Phi) is 15.5. The smallest absolute Gasteiger partial charge is 0.0491 e. The maximum atomic E-state index is 3.92. The molecule has 2 aromatic heterocycles. The summed E-state index contributed by atoms with van der Waals surface area (Å²) in [5.41, 5.74) is 17.7. The minimum absolute atomic E-state index is 0.0463. The van der Waals surface area contributed by atoms with Crippen molar-refractivity contribution in [2.24, 2.45) is 0 Å². The van der Waals surface area contributed by atoms with Crippen LogP contribution in [0.1, 0.15) is 206 Å². The molecule has 0 unspecified atom stereocenters. The molecule has 0 bridgehead atoms. The number of unbranched alkanes of at least 4 members (excludes halogenated alkanes) is 10. The minimum atomic E-state index is 0.0463. The van der Waals surface area contributed by atoms with Gasteiger partial charge < -0.3 is 9.13 Å². The van der Waals surface area contributed by atoms with Gasteiger partial charge in [0.1, 0.15) is 0 Å². The zero-order valence-electron chi connectivity index (χ0n) is 46.9. The molecule has 2 heterocycles. The van der Waals surface area contributed by atoms with E-state index in [1.54, 1.807) is 11.1 Å². The highest BCUT2D eigenvalue weighted by Crippen LogP contribution is 2.55. The van der Waals surface area contributed by atoms with E-state index in [4.69, 9.17) is 0 Å². The molecule has 2 nitrogen and oxygen atoms in total. The van der Waals surface area contributed by atoms with Crippen LogP contribution in [-0.2, 0) is 40.2 Å². The summed E-state index contributed by atoms with van der Waals surface area (Å²) in [6, 6.07) is 43.2. The second-order valence-electron chi connectivity index (χ2n) is 26.4. The molecule has 386 valence electrons. The van der Waals surface area contributed by atoms with Crippen molar-refractivity contribution in [2.45, 2.75) is 213 Å². The van der Waals surface area contributed by atoms with E-state index in [1.165, 1.54) is 176 Å². The Balaban J connectivity index is 0.819. The Labute approximate surface area is 457 Å². The number of halogens is 2. The van der Waals surface area contributed by atoms with E-state index in [0.29, 0.717) is 0 Å². The second kappa shape index (κ2) is 21.1. The van der Waals surface area contributed by atoms with E-state index in [-0.39, 0.29) is 27.1 Å². The molecular formula is C69H86Br2N2. The van der Waals surface area contributed by atoms with Crippen molar-refractivity contribution in [3.05, 3.63) is 152 Å². The van der Waals surface area contributed by atoms with Crippen LogP contribution < -0.4 is 0 Å². The Morgan fingerprint density at radius 3 is 0.890 bits per heavy atom. The fraction of sp³-hybridized carbons (Fsp3) is 0.478. The number of rotatable bonds is 18. The van der Waals surface area contributed by atoms with Crippen LogP contribution in [0.2, 0.25) is 0 Å². The molecule has 0 spiro atoms. The summed E-state index contributed by atoms with van der Waals surface area (Å²) in [5.74, 6) is 0. The van der Waals surface area contributed by atoms with Crippen LogP contribution in [0.5, 0.6) is 0 Å². The van der Waals surface area contributed by atoms with Gasteiger partial charge in [-0.25, -0.2) is 0 Å². The zero-order chi connectivity index (χ0) is 52.1. The van der Waals surface area contributed by atoms with Crippen molar-refractivity contribution in [3.8, 4) is 11.1 Å². The number of aryl methyl sites for hydroxylation is 2. The first-order valence-corrected chi connectivity index (χ1v) is 29.9. The van der Waals surface area contributed by atoms with Gasteiger partial charge in [-0.1, -0.05) is 216 Å². The van der Waals surface area contributed by atoms with Crippen LogP contribution in [0, 0.1) is 0 Å². The molecule has 0 radical (unpaired) electrons. The van der Waals surface area contributed by atoms with Gasteiger partial charge in [-0.3, -0.25) is 0 Å².